The molecule has 1 atom stereocenters. The van der Waals surface area contributed by atoms with Crippen LogP contribution in [-0.2, 0) is 9.63 Å². The molecule has 1 spiro atoms. The van der Waals surface area contributed by atoms with Crippen molar-refractivity contribution < 1.29 is 9.63 Å². The molecular weight excluding hydrogens is 192 g/mol. The zero-order valence-corrected chi connectivity index (χ0v) is 9.00. The second-order valence-electron chi connectivity index (χ2n) is 5.12. The maximum atomic E-state index is 11.8. The molecule has 0 aromatic carbocycles. The lowest BCUT2D eigenvalue weighted by atomic mass is 9.78. The fourth-order valence-corrected chi connectivity index (χ4v) is 2.76. The van der Waals surface area contributed by atoms with Crippen molar-refractivity contribution >= 4 is 5.91 Å². The fraction of sp³-hybridized carbons (Fsp3) is 0.909. The van der Waals surface area contributed by atoms with Crippen molar-refractivity contribution in [3.8, 4) is 0 Å². The van der Waals surface area contributed by atoms with Crippen LogP contribution >= 0.6 is 0 Å². The van der Waals surface area contributed by atoms with Crippen LogP contribution in [0.3, 0.4) is 0 Å². The lowest BCUT2D eigenvalue weighted by molar-refractivity contribution is -0.223. The van der Waals surface area contributed by atoms with Crippen molar-refractivity contribution in [1.82, 2.24) is 10.4 Å². The SMILES string of the molecule is O=C1CC2(CCC2)ON1CC1CCNC1. The van der Waals surface area contributed by atoms with E-state index in [0.29, 0.717) is 12.3 Å². The van der Waals surface area contributed by atoms with Gasteiger partial charge in [0.25, 0.3) is 0 Å². The first-order valence-corrected chi connectivity index (χ1v) is 5.98. The molecule has 2 aliphatic heterocycles. The molecule has 4 heteroatoms. The highest BCUT2D eigenvalue weighted by Gasteiger charge is 2.49. The quantitative estimate of drug-likeness (QED) is 0.729. The number of nitrogens with one attached hydrogen (secondary N) is 1. The molecule has 3 rings (SSSR count). The fourth-order valence-electron chi connectivity index (χ4n) is 2.76. The molecule has 2 heterocycles. The van der Waals surface area contributed by atoms with Crippen molar-refractivity contribution in [3.63, 3.8) is 0 Å². The third-order valence-corrected chi connectivity index (χ3v) is 3.91. The molecule has 15 heavy (non-hydrogen) atoms. The Bertz CT molecular complexity index is 270. The molecule has 4 nitrogen and oxygen atoms in total. The Morgan fingerprint density at radius 3 is 2.93 bits per heavy atom. The Kier molecular flexibility index (Phi) is 2.21. The number of hydroxylamine groups is 2. The van der Waals surface area contributed by atoms with Gasteiger partial charge in [-0.25, -0.2) is 5.06 Å². The molecule has 84 valence electrons. The van der Waals surface area contributed by atoms with Gasteiger partial charge in [0.15, 0.2) is 0 Å². The van der Waals surface area contributed by atoms with E-state index in [1.54, 1.807) is 5.06 Å². The van der Waals surface area contributed by atoms with E-state index in [1.165, 1.54) is 12.8 Å². The first-order chi connectivity index (χ1) is 7.27. The van der Waals surface area contributed by atoms with Gasteiger partial charge >= 0.3 is 0 Å². The molecule has 0 bridgehead atoms. The summed E-state index contributed by atoms with van der Waals surface area (Å²) in [6.07, 6.45) is 5.13. The third kappa shape index (κ3) is 1.66. The monoisotopic (exact) mass is 210 g/mol. The maximum Gasteiger partial charge on any atom is 0.249 e. The van der Waals surface area contributed by atoms with Crippen LogP contribution in [0.5, 0.6) is 0 Å². The first kappa shape index (κ1) is 9.60. The van der Waals surface area contributed by atoms with Gasteiger partial charge in [-0.1, -0.05) is 0 Å². The highest BCUT2D eigenvalue weighted by Crippen LogP contribution is 2.43. The number of hydrogen-bond acceptors (Lipinski definition) is 3. The van der Waals surface area contributed by atoms with Crippen LogP contribution in [0.1, 0.15) is 32.1 Å². The summed E-state index contributed by atoms with van der Waals surface area (Å²) in [5.74, 6) is 0.783. The van der Waals surface area contributed by atoms with Crippen LogP contribution in [0, 0.1) is 5.92 Å². The smallest absolute Gasteiger partial charge is 0.249 e. The minimum atomic E-state index is -0.0802. The Labute approximate surface area is 89.9 Å². The predicted octanol–water partition coefficient (Wildman–Crippen LogP) is 0.682. The summed E-state index contributed by atoms with van der Waals surface area (Å²) in [7, 11) is 0. The van der Waals surface area contributed by atoms with Crippen molar-refractivity contribution in [2.75, 3.05) is 19.6 Å². The second kappa shape index (κ2) is 3.46. The van der Waals surface area contributed by atoms with Gasteiger partial charge < -0.3 is 5.32 Å². The number of hydrogen-bond donors (Lipinski definition) is 1. The average Bonchev–Trinajstić information content (AvgIpc) is 2.74. The van der Waals surface area contributed by atoms with Crippen LogP contribution in [-0.4, -0.2) is 36.2 Å². The Morgan fingerprint density at radius 2 is 2.40 bits per heavy atom. The molecule has 0 aromatic rings. The van der Waals surface area contributed by atoms with Crippen LogP contribution in [0.25, 0.3) is 0 Å². The zero-order valence-electron chi connectivity index (χ0n) is 9.00. The molecular formula is C11H18N2O2. The number of nitrogens with zero attached hydrogens (tertiary/aromatic N) is 1. The predicted molar refractivity (Wildman–Crippen MR) is 55.0 cm³/mol. The average molecular weight is 210 g/mol. The number of amides is 1. The summed E-state index contributed by atoms with van der Waals surface area (Å²) in [6, 6.07) is 0. The van der Waals surface area contributed by atoms with Gasteiger partial charge in [0, 0.05) is 0 Å². The standard InChI is InChI=1S/C11H18N2O2/c14-10-6-11(3-1-4-11)15-13(10)8-9-2-5-12-7-9/h9,12H,1-8H2. The van der Waals surface area contributed by atoms with E-state index in [4.69, 9.17) is 4.84 Å². The molecule has 0 radical (unpaired) electrons. The molecule has 0 aromatic heterocycles. The highest BCUT2D eigenvalue weighted by atomic mass is 16.7. The normalized spacial score (nSPS) is 33.7. The van der Waals surface area contributed by atoms with Crippen molar-refractivity contribution in [3.05, 3.63) is 0 Å². The molecule has 1 N–H and O–H groups in total. The van der Waals surface area contributed by atoms with Crippen LogP contribution in [0.15, 0.2) is 0 Å². The maximum absolute atomic E-state index is 11.8. The van der Waals surface area contributed by atoms with Gasteiger partial charge in [0.1, 0.15) is 5.60 Å². The van der Waals surface area contributed by atoms with Crippen LogP contribution in [0.4, 0.5) is 0 Å². The summed E-state index contributed by atoms with van der Waals surface area (Å²) in [6.45, 7) is 2.89. The molecule has 1 amide bonds. The van der Waals surface area contributed by atoms with Gasteiger partial charge in [-0.15, -0.1) is 0 Å². The van der Waals surface area contributed by atoms with Crippen LogP contribution < -0.4 is 5.32 Å². The molecule has 1 saturated carbocycles. The lowest BCUT2D eigenvalue weighted by Gasteiger charge is -2.36. The van der Waals surface area contributed by atoms with E-state index in [9.17, 15) is 4.79 Å². The molecule has 3 aliphatic rings. The number of rotatable bonds is 2. The highest BCUT2D eigenvalue weighted by molar-refractivity contribution is 5.78. The van der Waals surface area contributed by atoms with Gasteiger partial charge in [-0.3, -0.25) is 9.63 Å². The first-order valence-electron chi connectivity index (χ1n) is 5.98. The van der Waals surface area contributed by atoms with E-state index in [0.717, 1.165) is 32.5 Å². The Hall–Kier alpha value is -0.610. The molecule has 1 unspecified atom stereocenters. The number of carbonyl (C=O) groups excluding carboxylic acids is 1. The van der Waals surface area contributed by atoms with Gasteiger partial charge in [0.2, 0.25) is 5.91 Å². The van der Waals surface area contributed by atoms with Crippen molar-refractivity contribution in [2.24, 2.45) is 5.92 Å². The van der Waals surface area contributed by atoms with E-state index >= 15 is 0 Å². The van der Waals surface area contributed by atoms with Crippen LogP contribution in [0.2, 0.25) is 0 Å². The Morgan fingerprint density at radius 1 is 1.53 bits per heavy atom. The van der Waals surface area contributed by atoms with E-state index in [1.807, 2.05) is 0 Å². The second-order valence-corrected chi connectivity index (χ2v) is 5.12. The van der Waals surface area contributed by atoms with Gasteiger partial charge in [0.05, 0.1) is 13.0 Å². The summed E-state index contributed by atoms with van der Waals surface area (Å²) in [5.41, 5.74) is -0.0802. The minimum Gasteiger partial charge on any atom is -0.316 e. The summed E-state index contributed by atoms with van der Waals surface area (Å²) < 4.78 is 0. The largest absolute Gasteiger partial charge is 0.316 e. The topological polar surface area (TPSA) is 41.6 Å². The minimum absolute atomic E-state index is 0.0802. The lowest BCUT2D eigenvalue weighted by Crippen LogP contribution is -2.39. The van der Waals surface area contributed by atoms with Crippen molar-refractivity contribution in [2.45, 2.75) is 37.7 Å². The van der Waals surface area contributed by atoms with Crippen molar-refractivity contribution in [1.29, 1.82) is 0 Å². The van der Waals surface area contributed by atoms with Gasteiger partial charge in [-0.05, 0) is 44.7 Å². The number of carbonyl (C=O) groups is 1. The molecule has 1 aliphatic carbocycles. The summed E-state index contributed by atoms with van der Waals surface area (Å²) in [4.78, 5) is 17.6. The molecule has 3 fully saturated rings. The molecule has 2 saturated heterocycles. The van der Waals surface area contributed by atoms with E-state index in [2.05, 4.69) is 5.32 Å². The zero-order chi connectivity index (χ0) is 10.3. The summed E-state index contributed by atoms with van der Waals surface area (Å²) in [5, 5.41) is 4.95. The third-order valence-electron chi connectivity index (χ3n) is 3.91. The van der Waals surface area contributed by atoms with E-state index in [-0.39, 0.29) is 11.5 Å². The Balaban J connectivity index is 1.59. The van der Waals surface area contributed by atoms with Gasteiger partial charge in [-0.2, -0.15) is 0 Å². The summed E-state index contributed by atoms with van der Waals surface area (Å²) >= 11 is 0. The van der Waals surface area contributed by atoms with E-state index < -0.39 is 0 Å².